The van der Waals surface area contributed by atoms with Gasteiger partial charge in [0.05, 0.1) is 11.2 Å². The largest absolute Gasteiger partial charge is 0.573 e. The molecule has 25 heavy (non-hydrogen) atoms. The summed E-state index contributed by atoms with van der Waals surface area (Å²) in [6, 6.07) is 4.21. The summed E-state index contributed by atoms with van der Waals surface area (Å²) in [6.45, 7) is 13.3. The van der Waals surface area contributed by atoms with Crippen LogP contribution in [-0.2, 0) is 9.31 Å². The summed E-state index contributed by atoms with van der Waals surface area (Å²) in [7, 11) is -2.91. The average molecular weight is 376 g/mol. The fourth-order valence-corrected chi connectivity index (χ4v) is 3.15. The van der Waals surface area contributed by atoms with Gasteiger partial charge in [-0.05, 0) is 65.5 Å². The summed E-state index contributed by atoms with van der Waals surface area (Å²) in [5.41, 5.74) is -1.20. The van der Waals surface area contributed by atoms with Crippen LogP contribution < -0.4 is 14.6 Å². The second-order valence-corrected chi connectivity index (χ2v) is 12.5. The van der Waals surface area contributed by atoms with Crippen molar-refractivity contribution in [3.63, 3.8) is 0 Å². The monoisotopic (exact) mass is 376 g/mol. The van der Waals surface area contributed by atoms with Crippen LogP contribution in [0.5, 0.6) is 11.5 Å². The van der Waals surface area contributed by atoms with Crippen LogP contribution >= 0.6 is 0 Å². The summed E-state index contributed by atoms with van der Waals surface area (Å²) in [6.07, 6.45) is -4.81. The molecule has 1 aromatic rings. The Morgan fingerprint density at radius 3 is 1.96 bits per heavy atom. The van der Waals surface area contributed by atoms with Gasteiger partial charge in [-0.2, -0.15) is 0 Å². The number of benzene rings is 1. The molecular weight excluding hydrogens is 352 g/mol. The van der Waals surface area contributed by atoms with Gasteiger partial charge in [-0.25, -0.2) is 0 Å². The Hall–Kier alpha value is -1.19. The van der Waals surface area contributed by atoms with Gasteiger partial charge in [0.25, 0.3) is 0 Å². The first-order chi connectivity index (χ1) is 11.1. The van der Waals surface area contributed by atoms with Crippen LogP contribution in [0, 0.1) is 0 Å². The molecule has 1 aliphatic rings. The molecule has 0 N–H and O–H groups in total. The van der Waals surface area contributed by atoms with Crippen LogP contribution in [0.1, 0.15) is 27.7 Å². The van der Waals surface area contributed by atoms with Crippen molar-refractivity contribution in [3.8, 4) is 11.5 Å². The summed E-state index contributed by atoms with van der Waals surface area (Å²) in [5.74, 6) is 0.118. The molecule has 0 radical (unpaired) electrons. The molecule has 1 saturated heterocycles. The maximum atomic E-state index is 12.8. The third-order valence-electron chi connectivity index (χ3n) is 4.14. The van der Waals surface area contributed by atoms with Crippen LogP contribution in [0.15, 0.2) is 18.2 Å². The molecule has 0 aromatic heterocycles. The molecule has 9 heteroatoms. The van der Waals surface area contributed by atoms with Crippen LogP contribution in [0.25, 0.3) is 0 Å². The van der Waals surface area contributed by atoms with E-state index in [-0.39, 0.29) is 11.2 Å². The number of hydrogen-bond donors (Lipinski definition) is 0. The maximum absolute atomic E-state index is 12.8. The summed E-state index contributed by atoms with van der Waals surface area (Å²) in [4.78, 5) is 0. The lowest BCUT2D eigenvalue weighted by Gasteiger charge is -2.32. The van der Waals surface area contributed by atoms with Gasteiger partial charge in [-0.3, -0.25) is 0 Å². The molecule has 0 unspecified atom stereocenters. The lowest BCUT2D eigenvalue weighted by Crippen LogP contribution is -2.41. The van der Waals surface area contributed by atoms with Crippen molar-refractivity contribution in [1.82, 2.24) is 0 Å². The number of alkyl halides is 3. The van der Waals surface area contributed by atoms with Crippen molar-refractivity contribution in [3.05, 3.63) is 18.2 Å². The molecule has 0 amide bonds. The first-order valence-corrected chi connectivity index (χ1v) is 11.4. The SMILES string of the molecule is CC1(C)OB(c2cc(O[Si](C)(C)C)ccc2OC(F)(F)F)OC1(C)C. The Labute approximate surface area is 147 Å². The minimum atomic E-state index is -4.81. The fourth-order valence-electron chi connectivity index (χ4n) is 2.32. The van der Waals surface area contributed by atoms with E-state index in [4.69, 9.17) is 13.7 Å². The lowest BCUT2D eigenvalue weighted by molar-refractivity contribution is -0.274. The standard InChI is InChI=1S/C16H24BF3O4Si/c1-14(2)15(3,4)24-17(23-14)12-10-11(22-25(5,6)7)8-9-13(12)21-16(18,19)20/h8-10H,1-7H3. The molecular formula is C16H24BF3O4Si. The molecule has 1 aliphatic heterocycles. The van der Waals surface area contributed by atoms with Gasteiger partial charge in [0.2, 0.25) is 8.32 Å². The van der Waals surface area contributed by atoms with Crippen LogP contribution in [0.3, 0.4) is 0 Å². The molecule has 1 heterocycles. The van der Waals surface area contributed by atoms with Crippen molar-refractivity contribution in [2.24, 2.45) is 0 Å². The van der Waals surface area contributed by atoms with E-state index >= 15 is 0 Å². The second-order valence-electron chi connectivity index (χ2n) is 8.05. The van der Waals surface area contributed by atoms with Gasteiger partial charge < -0.3 is 18.5 Å². The molecule has 140 valence electrons. The highest BCUT2D eigenvalue weighted by atomic mass is 28.4. The zero-order valence-electron chi connectivity index (χ0n) is 15.6. The second kappa shape index (κ2) is 6.21. The van der Waals surface area contributed by atoms with Crippen LogP contribution in [-0.4, -0.2) is 33.0 Å². The highest BCUT2D eigenvalue weighted by molar-refractivity contribution is 6.70. The highest BCUT2D eigenvalue weighted by Crippen LogP contribution is 2.38. The van der Waals surface area contributed by atoms with Crippen LogP contribution in [0.2, 0.25) is 19.6 Å². The van der Waals surface area contributed by atoms with Gasteiger partial charge in [-0.15, -0.1) is 13.2 Å². The van der Waals surface area contributed by atoms with Gasteiger partial charge in [-0.1, -0.05) is 0 Å². The average Bonchev–Trinajstić information content (AvgIpc) is 2.56. The van der Waals surface area contributed by atoms with Gasteiger partial charge in [0.1, 0.15) is 11.5 Å². The van der Waals surface area contributed by atoms with Crippen LogP contribution in [0.4, 0.5) is 13.2 Å². The first-order valence-electron chi connectivity index (χ1n) is 8.04. The van der Waals surface area contributed by atoms with E-state index < -0.39 is 33.0 Å². The molecule has 0 spiro atoms. The van der Waals surface area contributed by atoms with E-state index in [0.717, 1.165) is 0 Å². The van der Waals surface area contributed by atoms with Crippen molar-refractivity contribution in [2.45, 2.75) is 64.9 Å². The number of hydrogen-bond acceptors (Lipinski definition) is 4. The molecule has 0 aliphatic carbocycles. The molecule has 0 bridgehead atoms. The maximum Gasteiger partial charge on any atom is 0.573 e. The lowest BCUT2D eigenvalue weighted by atomic mass is 9.78. The minimum absolute atomic E-state index is 0.159. The van der Waals surface area contributed by atoms with Crippen molar-refractivity contribution in [1.29, 1.82) is 0 Å². The Balaban J connectivity index is 2.43. The van der Waals surface area contributed by atoms with E-state index in [2.05, 4.69) is 4.74 Å². The summed E-state index contributed by atoms with van der Waals surface area (Å²) in [5, 5.41) is 0. The smallest absolute Gasteiger partial charge is 0.544 e. The zero-order valence-corrected chi connectivity index (χ0v) is 16.6. The topological polar surface area (TPSA) is 36.9 Å². The molecule has 2 rings (SSSR count). The van der Waals surface area contributed by atoms with E-state index in [9.17, 15) is 13.2 Å². The minimum Gasteiger partial charge on any atom is -0.544 e. The molecule has 1 aromatic carbocycles. The Kier molecular flexibility index (Phi) is 5.00. The quantitative estimate of drug-likeness (QED) is 0.742. The number of ether oxygens (including phenoxy) is 1. The molecule has 4 nitrogen and oxygen atoms in total. The fraction of sp³-hybridized carbons (Fsp3) is 0.625. The van der Waals surface area contributed by atoms with Gasteiger partial charge >= 0.3 is 13.5 Å². The third kappa shape index (κ3) is 4.92. The zero-order chi connectivity index (χ0) is 19.3. The number of rotatable bonds is 4. The summed E-state index contributed by atoms with van der Waals surface area (Å²) >= 11 is 0. The molecule has 1 fully saturated rings. The predicted octanol–water partition coefficient (Wildman–Crippen LogP) is 4.10. The van der Waals surface area contributed by atoms with E-state index in [1.54, 1.807) is 0 Å². The molecule has 0 saturated carbocycles. The predicted molar refractivity (Wildman–Crippen MR) is 92.8 cm³/mol. The van der Waals surface area contributed by atoms with E-state index in [0.29, 0.717) is 5.75 Å². The third-order valence-corrected chi connectivity index (χ3v) is 4.99. The Morgan fingerprint density at radius 1 is 1.00 bits per heavy atom. The number of halogens is 3. The Bertz CT molecular complexity index is 625. The highest BCUT2D eigenvalue weighted by Gasteiger charge is 2.53. The van der Waals surface area contributed by atoms with Gasteiger partial charge in [0, 0.05) is 5.46 Å². The van der Waals surface area contributed by atoms with Gasteiger partial charge in [0.15, 0.2) is 0 Å². The summed E-state index contributed by atoms with van der Waals surface area (Å²) < 4.78 is 60.1. The molecule has 0 atom stereocenters. The van der Waals surface area contributed by atoms with Crippen molar-refractivity contribution in [2.75, 3.05) is 0 Å². The van der Waals surface area contributed by atoms with Crippen molar-refractivity contribution >= 4 is 20.9 Å². The van der Waals surface area contributed by atoms with E-state index in [1.807, 2.05) is 47.3 Å². The first kappa shape index (κ1) is 20.1. The van der Waals surface area contributed by atoms with E-state index in [1.165, 1.54) is 18.2 Å². The Morgan fingerprint density at radius 2 is 1.52 bits per heavy atom. The van der Waals surface area contributed by atoms with Crippen molar-refractivity contribution < 1.29 is 31.6 Å². The normalized spacial score (nSPS) is 19.8.